The van der Waals surface area contributed by atoms with Crippen molar-refractivity contribution in [2.24, 2.45) is 4.99 Å². The van der Waals surface area contributed by atoms with Crippen molar-refractivity contribution in [2.75, 3.05) is 0 Å². The highest BCUT2D eigenvalue weighted by molar-refractivity contribution is 5.75. The summed E-state index contributed by atoms with van der Waals surface area (Å²) < 4.78 is 5.69. The van der Waals surface area contributed by atoms with Crippen molar-refractivity contribution < 1.29 is 9.84 Å². The maximum absolute atomic E-state index is 11.5. The van der Waals surface area contributed by atoms with Crippen LogP contribution in [0.4, 0.5) is 0 Å². The molecule has 1 heterocycles. The molecule has 3 nitrogen and oxygen atoms in total. The van der Waals surface area contributed by atoms with Crippen molar-refractivity contribution in [3.8, 4) is 0 Å². The maximum atomic E-state index is 11.5. The molecule has 0 bridgehead atoms. The molecule has 2 atom stereocenters. The Kier molecular flexibility index (Phi) is 4.49. The summed E-state index contributed by atoms with van der Waals surface area (Å²) in [4.78, 5) is 4.58. The third-order valence-electron chi connectivity index (χ3n) is 4.38. The van der Waals surface area contributed by atoms with Gasteiger partial charge in [-0.25, -0.2) is 4.99 Å². The number of nitrogens with zero attached hydrogens (tertiary/aromatic N) is 1. The Bertz CT molecular complexity index is 625. The van der Waals surface area contributed by atoms with Gasteiger partial charge in [-0.3, -0.25) is 0 Å². The standard InChI is InChI=1S/C20H23NO2/c1-15-19(21-16(2)23-15)20(22,13-17-9-5-3-6-10-17)14-18-11-7-4-8-12-18/h3-12,15,19,22H,13-14H2,1-2H3/t15-,19+/m1/s1. The van der Waals surface area contributed by atoms with E-state index < -0.39 is 5.60 Å². The van der Waals surface area contributed by atoms with Gasteiger partial charge in [0.2, 0.25) is 0 Å². The summed E-state index contributed by atoms with van der Waals surface area (Å²) >= 11 is 0. The van der Waals surface area contributed by atoms with Gasteiger partial charge in [0.25, 0.3) is 0 Å². The summed E-state index contributed by atoms with van der Waals surface area (Å²) in [6, 6.07) is 19.9. The van der Waals surface area contributed by atoms with Crippen LogP contribution in [0, 0.1) is 0 Å². The lowest BCUT2D eigenvalue weighted by Crippen LogP contribution is -2.49. The van der Waals surface area contributed by atoms with Gasteiger partial charge in [0.1, 0.15) is 12.1 Å². The van der Waals surface area contributed by atoms with Crippen molar-refractivity contribution in [3.05, 3.63) is 71.8 Å². The van der Waals surface area contributed by atoms with Crippen LogP contribution in [0.3, 0.4) is 0 Å². The first-order chi connectivity index (χ1) is 11.1. The van der Waals surface area contributed by atoms with Gasteiger partial charge in [0, 0.05) is 19.8 Å². The predicted molar refractivity (Wildman–Crippen MR) is 92.7 cm³/mol. The van der Waals surface area contributed by atoms with E-state index in [2.05, 4.69) is 4.99 Å². The summed E-state index contributed by atoms with van der Waals surface area (Å²) in [6.45, 7) is 3.83. The lowest BCUT2D eigenvalue weighted by atomic mass is 9.80. The minimum atomic E-state index is -0.972. The molecule has 23 heavy (non-hydrogen) atoms. The predicted octanol–water partition coefficient (Wildman–Crippen LogP) is 3.41. The largest absolute Gasteiger partial charge is 0.476 e. The first-order valence-electron chi connectivity index (χ1n) is 8.08. The molecule has 120 valence electrons. The van der Waals surface area contributed by atoms with E-state index in [0.717, 1.165) is 11.1 Å². The van der Waals surface area contributed by atoms with E-state index in [1.54, 1.807) is 0 Å². The Labute approximate surface area is 137 Å². The molecular weight excluding hydrogens is 286 g/mol. The quantitative estimate of drug-likeness (QED) is 0.919. The number of hydrogen-bond acceptors (Lipinski definition) is 3. The van der Waals surface area contributed by atoms with E-state index in [1.807, 2.05) is 74.5 Å². The SMILES string of the molecule is CC1=N[C@H](C(O)(Cc2ccccc2)Cc2ccccc2)[C@@H](C)O1. The monoisotopic (exact) mass is 309 g/mol. The van der Waals surface area contributed by atoms with Gasteiger partial charge in [0.15, 0.2) is 5.90 Å². The minimum Gasteiger partial charge on any atom is -0.476 e. The first kappa shape index (κ1) is 15.8. The molecule has 0 aromatic heterocycles. The fourth-order valence-corrected chi connectivity index (χ4v) is 3.39. The fourth-order valence-electron chi connectivity index (χ4n) is 3.39. The Hall–Kier alpha value is -2.13. The molecule has 1 N–H and O–H groups in total. The van der Waals surface area contributed by atoms with Crippen LogP contribution < -0.4 is 0 Å². The second kappa shape index (κ2) is 6.55. The Morgan fingerprint density at radius 1 is 0.957 bits per heavy atom. The molecule has 1 aliphatic rings. The third-order valence-corrected chi connectivity index (χ3v) is 4.38. The van der Waals surface area contributed by atoms with E-state index in [1.165, 1.54) is 0 Å². The molecule has 2 aromatic rings. The van der Waals surface area contributed by atoms with Gasteiger partial charge < -0.3 is 9.84 Å². The number of rotatable bonds is 5. The van der Waals surface area contributed by atoms with Crippen LogP contribution in [0.25, 0.3) is 0 Å². The lowest BCUT2D eigenvalue weighted by Gasteiger charge is -2.34. The molecule has 0 fully saturated rings. The smallest absolute Gasteiger partial charge is 0.180 e. The summed E-state index contributed by atoms with van der Waals surface area (Å²) in [5.74, 6) is 0.655. The second-order valence-corrected chi connectivity index (χ2v) is 6.34. The van der Waals surface area contributed by atoms with E-state index in [4.69, 9.17) is 4.74 Å². The topological polar surface area (TPSA) is 41.8 Å². The van der Waals surface area contributed by atoms with E-state index in [0.29, 0.717) is 18.7 Å². The van der Waals surface area contributed by atoms with Crippen molar-refractivity contribution in [1.29, 1.82) is 0 Å². The minimum absolute atomic E-state index is 0.118. The number of aliphatic hydroxyl groups is 1. The molecule has 2 aromatic carbocycles. The average molecular weight is 309 g/mol. The summed E-state index contributed by atoms with van der Waals surface area (Å²) in [6.07, 6.45) is 0.989. The Balaban J connectivity index is 1.92. The van der Waals surface area contributed by atoms with Crippen LogP contribution in [0.5, 0.6) is 0 Å². The summed E-state index contributed by atoms with van der Waals surface area (Å²) in [5, 5.41) is 11.5. The number of ether oxygens (including phenoxy) is 1. The van der Waals surface area contributed by atoms with Crippen LogP contribution in [0.15, 0.2) is 65.7 Å². The second-order valence-electron chi connectivity index (χ2n) is 6.34. The van der Waals surface area contributed by atoms with Crippen molar-refractivity contribution >= 4 is 5.90 Å². The zero-order valence-electron chi connectivity index (χ0n) is 13.6. The molecule has 3 rings (SSSR count). The normalized spacial score (nSPS) is 20.9. The molecule has 0 unspecified atom stereocenters. The molecule has 1 aliphatic heterocycles. The molecule has 0 saturated heterocycles. The molecule has 0 amide bonds. The molecule has 3 heteroatoms. The molecule has 0 spiro atoms. The highest BCUT2D eigenvalue weighted by atomic mass is 16.5. The fraction of sp³-hybridized carbons (Fsp3) is 0.350. The van der Waals surface area contributed by atoms with Crippen LogP contribution in [-0.2, 0) is 17.6 Å². The van der Waals surface area contributed by atoms with Crippen molar-refractivity contribution in [2.45, 2.75) is 44.4 Å². The van der Waals surface area contributed by atoms with E-state index in [-0.39, 0.29) is 12.1 Å². The summed E-state index contributed by atoms with van der Waals surface area (Å²) in [7, 11) is 0. The van der Waals surface area contributed by atoms with Gasteiger partial charge >= 0.3 is 0 Å². The van der Waals surface area contributed by atoms with Crippen LogP contribution >= 0.6 is 0 Å². The zero-order chi connectivity index (χ0) is 16.3. The molecule has 0 saturated carbocycles. The molecule has 0 radical (unpaired) electrons. The van der Waals surface area contributed by atoms with Gasteiger partial charge in [0.05, 0.1) is 5.60 Å². The first-order valence-corrected chi connectivity index (χ1v) is 8.08. The van der Waals surface area contributed by atoms with E-state index in [9.17, 15) is 5.11 Å². The van der Waals surface area contributed by atoms with Gasteiger partial charge in [-0.05, 0) is 18.1 Å². The van der Waals surface area contributed by atoms with Crippen molar-refractivity contribution in [1.82, 2.24) is 0 Å². The number of benzene rings is 2. The molecule has 0 aliphatic carbocycles. The highest BCUT2D eigenvalue weighted by Gasteiger charge is 2.44. The third kappa shape index (κ3) is 3.62. The highest BCUT2D eigenvalue weighted by Crippen LogP contribution is 2.31. The van der Waals surface area contributed by atoms with E-state index >= 15 is 0 Å². The van der Waals surface area contributed by atoms with Crippen LogP contribution in [0.2, 0.25) is 0 Å². The summed E-state index contributed by atoms with van der Waals surface area (Å²) in [5.41, 5.74) is 1.25. The Morgan fingerprint density at radius 3 is 1.83 bits per heavy atom. The van der Waals surface area contributed by atoms with Crippen molar-refractivity contribution in [3.63, 3.8) is 0 Å². The number of hydrogen-bond donors (Lipinski definition) is 1. The lowest BCUT2D eigenvalue weighted by molar-refractivity contribution is -0.0103. The Morgan fingerprint density at radius 2 is 1.43 bits per heavy atom. The van der Waals surface area contributed by atoms with Gasteiger partial charge in [-0.1, -0.05) is 60.7 Å². The van der Waals surface area contributed by atoms with Gasteiger partial charge in [-0.15, -0.1) is 0 Å². The van der Waals surface area contributed by atoms with Crippen LogP contribution in [0.1, 0.15) is 25.0 Å². The number of aliphatic imine (C=N–C) groups is 1. The zero-order valence-corrected chi connectivity index (χ0v) is 13.6. The van der Waals surface area contributed by atoms with Gasteiger partial charge in [-0.2, -0.15) is 0 Å². The maximum Gasteiger partial charge on any atom is 0.180 e. The molecular formula is C20H23NO2. The van der Waals surface area contributed by atoms with Crippen LogP contribution in [-0.4, -0.2) is 28.8 Å². The average Bonchev–Trinajstić information content (AvgIpc) is 2.88.